The van der Waals surface area contributed by atoms with Crippen molar-refractivity contribution < 1.29 is 13.2 Å². The summed E-state index contributed by atoms with van der Waals surface area (Å²) in [5.74, 6) is -0.579. The highest BCUT2D eigenvalue weighted by atomic mass is 32.2. The Morgan fingerprint density at radius 2 is 1.84 bits per heavy atom. The molecule has 0 unspecified atom stereocenters. The number of anilines is 1. The van der Waals surface area contributed by atoms with Crippen molar-refractivity contribution in [2.45, 2.75) is 11.3 Å². The summed E-state index contributed by atoms with van der Waals surface area (Å²) in [6.07, 6.45) is 1.54. The predicted octanol–water partition coefficient (Wildman–Crippen LogP) is 2.88. The second-order valence-electron chi connectivity index (χ2n) is 5.48. The molecule has 3 rings (SSSR count). The standard InChI is InChI=1S/C18H17N3O3S/c22-18(10-12-25(23,24)16-7-2-1-3-8-16)20-15-6-4-5-14(13-15)17-9-11-19-21-17/h1-9,11,13H,10,12H2,(H,19,21)(H,20,22). The molecule has 0 aliphatic heterocycles. The van der Waals surface area contributed by atoms with Crippen molar-refractivity contribution in [3.63, 3.8) is 0 Å². The lowest BCUT2D eigenvalue weighted by Gasteiger charge is -2.07. The molecule has 2 aromatic carbocycles. The average Bonchev–Trinajstić information content (AvgIpc) is 3.16. The van der Waals surface area contributed by atoms with Gasteiger partial charge in [0.15, 0.2) is 9.84 Å². The third-order valence-corrected chi connectivity index (χ3v) is 5.39. The quantitative estimate of drug-likeness (QED) is 0.711. The van der Waals surface area contributed by atoms with E-state index in [2.05, 4.69) is 15.5 Å². The molecule has 25 heavy (non-hydrogen) atoms. The number of nitrogens with one attached hydrogen (secondary N) is 2. The topological polar surface area (TPSA) is 91.9 Å². The normalized spacial score (nSPS) is 11.2. The van der Waals surface area contributed by atoms with Crippen molar-refractivity contribution in [3.8, 4) is 11.3 Å². The number of rotatable bonds is 6. The lowest BCUT2D eigenvalue weighted by molar-refractivity contribution is -0.115. The van der Waals surface area contributed by atoms with Gasteiger partial charge in [0.1, 0.15) is 0 Å². The highest BCUT2D eigenvalue weighted by Crippen LogP contribution is 2.20. The molecule has 0 saturated carbocycles. The first-order valence-electron chi connectivity index (χ1n) is 7.72. The number of sulfone groups is 1. The van der Waals surface area contributed by atoms with Gasteiger partial charge in [0.25, 0.3) is 0 Å². The Bertz CT molecular complexity index is 952. The van der Waals surface area contributed by atoms with Crippen LogP contribution in [-0.2, 0) is 14.6 Å². The van der Waals surface area contributed by atoms with Crippen LogP contribution in [0, 0.1) is 0 Å². The summed E-state index contributed by atoms with van der Waals surface area (Å²) in [6, 6.07) is 17.2. The van der Waals surface area contributed by atoms with Crippen LogP contribution in [0.4, 0.5) is 5.69 Å². The van der Waals surface area contributed by atoms with Gasteiger partial charge < -0.3 is 5.32 Å². The monoisotopic (exact) mass is 355 g/mol. The minimum atomic E-state index is -3.47. The number of benzene rings is 2. The highest BCUT2D eigenvalue weighted by Gasteiger charge is 2.16. The van der Waals surface area contributed by atoms with Gasteiger partial charge in [-0.05, 0) is 30.3 Å². The van der Waals surface area contributed by atoms with Gasteiger partial charge >= 0.3 is 0 Å². The Hall–Kier alpha value is -2.93. The van der Waals surface area contributed by atoms with E-state index in [1.807, 2.05) is 18.2 Å². The maximum atomic E-state index is 12.2. The number of hydrogen-bond donors (Lipinski definition) is 2. The van der Waals surface area contributed by atoms with Gasteiger partial charge in [0.05, 0.1) is 16.3 Å². The van der Waals surface area contributed by atoms with Gasteiger partial charge in [-0.1, -0.05) is 30.3 Å². The number of amides is 1. The molecule has 0 bridgehead atoms. The molecule has 0 radical (unpaired) electrons. The predicted molar refractivity (Wildman–Crippen MR) is 95.8 cm³/mol. The van der Waals surface area contributed by atoms with E-state index >= 15 is 0 Å². The van der Waals surface area contributed by atoms with Gasteiger partial charge in [-0.2, -0.15) is 5.10 Å². The number of nitrogens with zero attached hydrogens (tertiary/aromatic N) is 1. The van der Waals surface area contributed by atoms with E-state index in [0.717, 1.165) is 11.3 Å². The van der Waals surface area contributed by atoms with E-state index in [1.54, 1.807) is 36.5 Å². The highest BCUT2D eigenvalue weighted by molar-refractivity contribution is 7.91. The molecule has 1 amide bonds. The Kier molecular flexibility index (Phi) is 4.95. The molecular weight excluding hydrogens is 338 g/mol. The fourth-order valence-electron chi connectivity index (χ4n) is 2.38. The maximum absolute atomic E-state index is 12.2. The fraction of sp³-hybridized carbons (Fsp3) is 0.111. The Morgan fingerprint density at radius 3 is 2.56 bits per heavy atom. The molecule has 3 aromatic rings. The number of aromatic nitrogens is 2. The Morgan fingerprint density at radius 1 is 1.04 bits per heavy atom. The third kappa shape index (κ3) is 4.33. The molecule has 0 atom stereocenters. The van der Waals surface area contributed by atoms with Crippen LogP contribution in [0.2, 0.25) is 0 Å². The minimum absolute atomic E-state index is 0.106. The summed E-state index contributed by atoms with van der Waals surface area (Å²) in [5.41, 5.74) is 2.32. The van der Waals surface area contributed by atoms with E-state index in [9.17, 15) is 13.2 Å². The largest absolute Gasteiger partial charge is 0.326 e. The molecule has 0 saturated heterocycles. The molecule has 128 valence electrons. The molecule has 0 spiro atoms. The van der Waals surface area contributed by atoms with Crippen LogP contribution in [0.5, 0.6) is 0 Å². The maximum Gasteiger partial charge on any atom is 0.225 e. The molecule has 6 nitrogen and oxygen atoms in total. The molecule has 0 aliphatic rings. The molecule has 2 N–H and O–H groups in total. The van der Waals surface area contributed by atoms with E-state index in [4.69, 9.17) is 0 Å². The second-order valence-corrected chi connectivity index (χ2v) is 7.59. The van der Waals surface area contributed by atoms with Crippen molar-refractivity contribution in [1.82, 2.24) is 10.2 Å². The van der Waals surface area contributed by atoms with Crippen molar-refractivity contribution in [1.29, 1.82) is 0 Å². The molecule has 1 heterocycles. The second kappa shape index (κ2) is 7.31. The van der Waals surface area contributed by atoms with Gasteiger partial charge in [0.2, 0.25) is 5.91 Å². The van der Waals surface area contributed by atoms with Gasteiger partial charge in [0, 0.05) is 23.9 Å². The molecular formula is C18H17N3O3S. The lowest BCUT2D eigenvalue weighted by Crippen LogP contribution is -2.17. The van der Waals surface area contributed by atoms with Crippen LogP contribution in [0.1, 0.15) is 6.42 Å². The van der Waals surface area contributed by atoms with Crippen molar-refractivity contribution in [3.05, 3.63) is 66.9 Å². The SMILES string of the molecule is O=C(CCS(=O)(=O)c1ccccc1)Nc1cccc(-c2ccn[nH]2)c1. The Balaban J connectivity index is 1.63. The molecule has 0 fully saturated rings. The van der Waals surface area contributed by atoms with Crippen LogP contribution < -0.4 is 5.32 Å². The number of hydrogen-bond acceptors (Lipinski definition) is 4. The van der Waals surface area contributed by atoms with E-state index in [0.29, 0.717) is 5.69 Å². The van der Waals surface area contributed by atoms with Gasteiger partial charge in [-0.15, -0.1) is 0 Å². The van der Waals surface area contributed by atoms with Gasteiger partial charge in [-0.25, -0.2) is 8.42 Å². The number of aromatic amines is 1. The van der Waals surface area contributed by atoms with E-state index < -0.39 is 9.84 Å². The van der Waals surface area contributed by atoms with Gasteiger partial charge in [-0.3, -0.25) is 9.89 Å². The van der Waals surface area contributed by atoms with Crippen LogP contribution in [0.15, 0.2) is 71.8 Å². The summed E-state index contributed by atoms with van der Waals surface area (Å²) in [5, 5.41) is 9.48. The van der Waals surface area contributed by atoms with Crippen LogP contribution in [0.25, 0.3) is 11.3 Å². The number of H-pyrrole nitrogens is 1. The zero-order valence-corrected chi connectivity index (χ0v) is 14.2. The minimum Gasteiger partial charge on any atom is -0.326 e. The summed E-state index contributed by atoms with van der Waals surface area (Å²) in [4.78, 5) is 12.3. The molecule has 7 heteroatoms. The van der Waals surface area contributed by atoms with Crippen LogP contribution in [-0.4, -0.2) is 30.3 Å². The van der Waals surface area contributed by atoms with E-state index in [1.165, 1.54) is 12.1 Å². The van der Waals surface area contributed by atoms with Crippen LogP contribution in [0.3, 0.4) is 0 Å². The van der Waals surface area contributed by atoms with Crippen LogP contribution >= 0.6 is 0 Å². The smallest absolute Gasteiger partial charge is 0.225 e. The molecule has 0 aliphatic carbocycles. The van der Waals surface area contributed by atoms with E-state index in [-0.39, 0.29) is 23.0 Å². The number of carbonyl (C=O) groups excluding carboxylic acids is 1. The number of carbonyl (C=O) groups is 1. The summed E-state index contributed by atoms with van der Waals surface area (Å²) in [6.45, 7) is 0. The first-order valence-corrected chi connectivity index (χ1v) is 9.37. The lowest BCUT2D eigenvalue weighted by atomic mass is 10.1. The summed E-state index contributed by atoms with van der Waals surface area (Å²) in [7, 11) is -3.47. The first-order chi connectivity index (χ1) is 12.0. The summed E-state index contributed by atoms with van der Waals surface area (Å²) < 4.78 is 24.4. The van der Waals surface area contributed by atoms with Crippen molar-refractivity contribution in [2.24, 2.45) is 0 Å². The third-order valence-electron chi connectivity index (χ3n) is 3.66. The average molecular weight is 355 g/mol. The van der Waals surface area contributed by atoms with Crippen molar-refractivity contribution >= 4 is 21.4 Å². The zero-order valence-electron chi connectivity index (χ0n) is 13.3. The Labute approximate surface area is 145 Å². The fourth-order valence-corrected chi connectivity index (χ4v) is 3.64. The molecule has 1 aromatic heterocycles. The zero-order chi connectivity index (χ0) is 17.7. The van der Waals surface area contributed by atoms with Crippen molar-refractivity contribution in [2.75, 3.05) is 11.1 Å². The summed E-state index contributed by atoms with van der Waals surface area (Å²) >= 11 is 0. The first kappa shape index (κ1) is 16.9.